The van der Waals surface area contributed by atoms with Gasteiger partial charge in [-0.25, -0.2) is 4.79 Å². The van der Waals surface area contributed by atoms with E-state index in [-0.39, 0.29) is 56.7 Å². The number of imidazole rings is 1. The minimum absolute atomic E-state index is 0.0813. The summed E-state index contributed by atoms with van der Waals surface area (Å²) in [6, 6.07) is 2.72. The van der Waals surface area contributed by atoms with Crippen LogP contribution in [0.5, 0.6) is 0 Å². The zero-order valence-electron chi connectivity index (χ0n) is 35.1. The number of carbonyl (C=O) groups excluding carboxylic acids is 4. The van der Waals surface area contributed by atoms with Crippen LogP contribution in [0.1, 0.15) is 102 Å². The van der Waals surface area contributed by atoms with Gasteiger partial charge in [0.05, 0.1) is 24.7 Å². The predicted octanol–water partition coefficient (Wildman–Crippen LogP) is 0.0616. The van der Waals surface area contributed by atoms with Gasteiger partial charge < -0.3 is 61.5 Å². The van der Waals surface area contributed by atoms with E-state index in [9.17, 15) is 19.2 Å². The number of carbonyl (C=O) groups is 4. The number of Topliss-reactive ketones (excluding diaryl/α,β-unsaturated/α-hetero) is 1. The second-order valence-electron chi connectivity index (χ2n) is 15.2. The molecule has 20 heteroatoms. The van der Waals surface area contributed by atoms with Gasteiger partial charge in [-0.2, -0.15) is 9.97 Å². The maximum atomic E-state index is 15.0. The number of rotatable bonds is 29. The fraction of sp³-hybridized carbons (Fsp3) is 0.625. The first kappa shape index (κ1) is 49.5. The first-order valence-electron chi connectivity index (χ1n) is 21.2. The van der Waals surface area contributed by atoms with E-state index in [1.54, 1.807) is 24.3 Å². The minimum Gasteiger partial charge on any atom is -0.382 e. The number of benzene rings is 1. The molecule has 4 unspecified atom stereocenters. The summed E-state index contributed by atoms with van der Waals surface area (Å²) < 4.78 is 1.42. The van der Waals surface area contributed by atoms with Crippen molar-refractivity contribution in [3.05, 3.63) is 40.3 Å². The Kier molecular flexibility index (Phi) is 20.7. The van der Waals surface area contributed by atoms with Crippen LogP contribution in [0.25, 0.3) is 11.2 Å². The van der Waals surface area contributed by atoms with Gasteiger partial charge >= 0.3 is 5.69 Å². The predicted molar refractivity (Wildman–Crippen MR) is 235 cm³/mol. The quantitative estimate of drug-likeness (QED) is 0.0325. The van der Waals surface area contributed by atoms with Crippen LogP contribution in [0.15, 0.2) is 29.1 Å². The molecule has 334 valence electrons. The number of aromatic amines is 1. The molecule has 0 aliphatic heterocycles. The second-order valence-corrected chi connectivity index (χ2v) is 15.2. The zero-order valence-corrected chi connectivity index (χ0v) is 35.1. The number of hydrogen-bond acceptors (Lipinski definition) is 16. The van der Waals surface area contributed by atoms with Gasteiger partial charge in [0, 0.05) is 12.2 Å². The van der Waals surface area contributed by atoms with Gasteiger partial charge in [0.1, 0.15) is 5.52 Å². The number of aromatic nitrogens is 4. The molecule has 1 aromatic carbocycles. The van der Waals surface area contributed by atoms with Crippen molar-refractivity contribution in [1.82, 2.24) is 24.4 Å². The lowest BCUT2D eigenvalue weighted by Gasteiger charge is -2.43. The summed E-state index contributed by atoms with van der Waals surface area (Å²) in [5.41, 5.74) is 47.2. The van der Waals surface area contributed by atoms with Crippen molar-refractivity contribution in [2.75, 3.05) is 49.1 Å². The monoisotopic (exact) mass is 840 g/mol. The van der Waals surface area contributed by atoms with Crippen molar-refractivity contribution < 1.29 is 19.2 Å². The van der Waals surface area contributed by atoms with Gasteiger partial charge in [0.2, 0.25) is 17.8 Å². The third-order valence-electron chi connectivity index (χ3n) is 10.5. The molecule has 0 radical (unpaired) electrons. The van der Waals surface area contributed by atoms with Crippen LogP contribution < -0.4 is 62.2 Å². The zero-order chi connectivity index (χ0) is 44.2. The highest BCUT2D eigenvalue weighted by molar-refractivity contribution is 6.22. The first-order chi connectivity index (χ1) is 28.8. The Labute approximate surface area is 351 Å². The molecule has 0 spiro atoms. The summed E-state index contributed by atoms with van der Waals surface area (Å²) in [6.45, 7) is 4.05. The van der Waals surface area contributed by atoms with Crippen LogP contribution in [0.4, 0.5) is 17.5 Å². The molecule has 3 aromatic rings. The van der Waals surface area contributed by atoms with E-state index in [1.165, 1.54) is 4.57 Å². The average Bonchev–Trinajstić information content (AvgIpc) is 3.55. The molecule has 2 aromatic heterocycles. The number of unbranched alkanes of at least 4 members (excludes halogenated alkanes) is 5. The number of anilines is 3. The number of nitrogens with two attached hydrogens (primary N) is 8. The fourth-order valence-electron chi connectivity index (χ4n) is 6.99. The normalized spacial score (nSPS) is 14.0. The van der Waals surface area contributed by atoms with Gasteiger partial charge in [0.25, 0.3) is 5.91 Å². The van der Waals surface area contributed by atoms with Crippen LogP contribution in [-0.4, -0.2) is 104 Å². The number of nitrogens with one attached hydrogen (secondary N) is 3. The van der Waals surface area contributed by atoms with Crippen LogP contribution in [0, 0.1) is 0 Å². The summed E-state index contributed by atoms with van der Waals surface area (Å²) in [5.74, 6) is -3.23. The molecule has 0 bridgehead atoms. The summed E-state index contributed by atoms with van der Waals surface area (Å²) in [6.07, 6.45) is 5.57. The molecule has 60 heavy (non-hydrogen) atoms. The van der Waals surface area contributed by atoms with Crippen LogP contribution in [0.3, 0.4) is 0 Å². The number of hydrogen-bond donors (Lipinski definition) is 11. The molecule has 0 fully saturated rings. The largest absolute Gasteiger partial charge is 0.382 e. The van der Waals surface area contributed by atoms with Gasteiger partial charge in [0.15, 0.2) is 22.8 Å². The Balaban J connectivity index is 2.12. The topological polar surface area (TPSA) is 367 Å². The lowest BCUT2D eigenvalue weighted by molar-refractivity contribution is -0.165. The molecule has 2 heterocycles. The van der Waals surface area contributed by atoms with E-state index in [4.69, 9.17) is 45.9 Å². The Morgan fingerprint density at radius 3 is 1.83 bits per heavy atom. The smallest absolute Gasteiger partial charge is 0.328 e. The highest BCUT2D eigenvalue weighted by Gasteiger charge is 2.57. The van der Waals surface area contributed by atoms with Gasteiger partial charge in [-0.15, -0.1) is 0 Å². The number of nitrogens with zero attached hydrogens (tertiary/aromatic N) is 4. The molecule has 0 saturated carbocycles. The second kappa shape index (κ2) is 25.1. The van der Waals surface area contributed by atoms with Crippen molar-refractivity contribution in [3.63, 3.8) is 0 Å². The van der Waals surface area contributed by atoms with Crippen molar-refractivity contribution >= 4 is 52.1 Å². The Morgan fingerprint density at radius 1 is 0.767 bits per heavy atom. The lowest BCUT2D eigenvalue weighted by atomic mass is 9.79. The van der Waals surface area contributed by atoms with E-state index in [0.717, 1.165) is 12.8 Å². The van der Waals surface area contributed by atoms with Gasteiger partial charge in [-0.05, 0) is 108 Å². The maximum absolute atomic E-state index is 15.0. The molecule has 0 aliphatic rings. The number of imide groups is 1. The highest BCUT2D eigenvalue weighted by atomic mass is 16.2. The average molecular weight is 840 g/mol. The molecular weight excluding hydrogens is 771 g/mol. The number of fused-ring (bicyclic) bond motifs is 1. The fourth-order valence-corrected chi connectivity index (χ4v) is 6.99. The highest BCUT2D eigenvalue weighted by Crippen LogP contribution is 2.31. The molecule has 0 aliphatic carbocycles. The molecular formula is C40H69N15O5. The van der Waals surface area contributed by atoms with E-state index >= 15 is 4.79 Å². The molecule has 4 atom stereocenters. The minimum atomic E-state index is -2.46. The third-order valence-corrected chi connectivity index (χ3v) is 10.5. The Bertz CT molecular complexity index is 1860. The first-order valence-corrected chi connectivity index (χ1v) is 21.2. The number of H-pyrrole nitrogens is 1. The number of amides is 3. The molecule has 0 saturated heterocycles. The van der Waals surface area contributed by atoms with Crippen molar-refractivity contribution in [2.45, 2.75) is 127 Å². The summed E-state index contributed by atoms with van der Waals surface area (Å²) in [7, 11) is 0. The summed E-state index contributed by atoms with van der Waals surface area (Å²) >= 11 is 0. The number of ketones is 1. The van der Waals surface area contributed by atoms with Crippen LogP contribution >= 0.6 is 0 Å². The SMILES string of the molecule is CCCCNc1nc(N)c2[nH]c(=O)n(Cc3ccc(NC(=O)C(CCCCN)(C(=O)C(N)CCCCN)N(C(=O)C(N)CCCCN)C(=O)C(N)CCCCN)cc3)c2n1. The lowest BCUT2D eigenvalue weighted by Crippen LogP contribution is -2.72. The van der Waals surface area contributed by atoms with E-state index < -0.39 is 52.9 Å². The van der Waals surface area contributed by atoms with E-state index in [1.807, 2.05) is 0 Å². The van der Waals surface area contributed by atoms with Crippen LogP contribution in [-0.2, 0) is 25.7 Å². The van der Waals surface area contributed by atoms with Gasteiger partial charge in [-0.3, -0.25) is 28.6 Å². The maximum Gasteiger partial charge on any atom is 0.328 e. The summed E-state index contributed by atoms with van der Waals surface area (Å²) in [5, 5.41) is 5.94. The van der Waals surface area contributed by atoms with Crippen molar-refractivity contribution in [1.29, 1.82) is 0 Å². The van der Waals surface area contributed by atoms with Crippen molar-refractivity contribution in [3.8, 4) is 0 Å². The summed E-state index contributed by atoms with van der Waals surface area (Å²) in [4.78, 5) is 84.4. The molecule has 3 amide bonds. The van der Waals surface area contributed by atoms with Crippen molar-refractivity contribution in [2.24, 2.45) is 40.1 Å². The standard InChI is InChI=1S/C40H69N15O5/c1-2-3-24-49-38-52-33(48)31-34(53-38)54(39(60)51-31)25-26-15-17-27(18-16-26)50-37(59)40(19-7-11-23-44,32(56)28(45)12-4-8-20-41)55(35(57)29(46)13-5-9-21-42)36(58)30(47)14-6-10-22-43/h15-18,28-30H,2-14,19-25,41-47H2,1H3,(H,50,59)(H,51,60)(H3,48,49,52,53). The number of nitrogen functional groups attached to an aromatic ring is 1. The molecule has 19 N–H and O–H groups in total. The van der Waals surface area contributed by atoms with Crippen LogP contribution in [0.2, 0.25) is 0 Å². The Hall–Kier alpha value is -4.83. The molecule has 20 nitrogen and oxygen atoms in total. The van der Waals surface area contributed by atoms with E-state index in [0.29, 0.717) is 98.7 Å². The van der Waals surface area contributed by atoms with E-state index in [2.05, 4.69) is 32.5 Å². The van der Waals surface area contributed by atoms with Gasteiger partial charge in [-0.1, -0.05) is 44.7 Å². The molecule has 3 rings (SSSR count). The Morgan fingerprint density at radius 2 is 1.30 bits per heavy atom. The third kappa shape index (κ3) is 13.1.